The second-order valence-electron chi connectivity index (χ2n) is 3.01. The molecule has 10 heavy (non-hydrogen) atoms. The highest BCUT2D eigenvalue weighted by Crippen LogP contribution is 2.30. The molecule has 0 aromatic carbocycles. The quantitative estimate of drug-likeness (QED) is 0.500. The Hall–Kier alpha value is -0.210. The summed E-state index contributed by atoms with van der Waals surface area (Å²) < 4.78 is 37.5. The minimum Gasteiger partial charge on any atom is -0.247 e. The highest BCUT2D eigenvalue weighted by atomic mass is 19.2. The summed E-state index contributed by atoms with van der Waals surface area (Å²) in [5, 5.41) is 0. The SMILES string of the molecule is C[C@@H]1C[C@H](F)C[C@H](F)[C@@H]1F. The van der Waals surface area contributed by atoms with Gasteiger partial charge in [-0.15, -0.1) is 0 Å². The zero-order valence-corrected chi connectivity index (χ0v) is 5.86. The fraction of sp³-hybridized carbons (Fsp3) is 1.00. The molecule has 0 heterocycles. The van der Waals surface area contributed by atoms with E-state index in [1.54, 1.807) is 6.92 Å². The smallest absolute Gasteiger partial charge is 0.134 e. The van der Waals surface area contributed by atoms with Crippen LogP contribution in [0.3, 0.4) is 0 Å². The standard InChI is InChI=1S/C7H11F3/c1-4-2-5(8)3-6(9)7(4)10/h4-7H,2-3H2,1H3/t4-,5+,6+,7-/m1/s1. The Morgan fingerprint density at radius 1 is 1.10 bits per heavy atom. The van der Waals surface area contributed by atoms with Gasteiger partial charge in [0.25, 0.3) is 0 Å². The van der Waals surface area contributed by atoms with Crippen molar-refractivity contribution in [1.29, 1.82) is 0 Å². The van der Waals surface area contributed by atoms with Gasteiger partial charge in [-0.25, -0.2) is 13.2 Å². The Bertz CT molecular complexity index is 103. The number of halogens is 3. The van der Waals surface area contributed by atoms with Crippen LogP contribution in [0.2, 0.25) is 0 Å². The van der Waals surface area contributed by atoms with Crippen LogP contribution in [-0.2, 0) is 0 Å². The Morgan fingerprint density at radius 2 is 1.70 bits per heavy atom. The van der Waals surface area contributed by atoms with Crippen molar-refractivity contribution < 1.29 is 13.2 Å². The summed E-state index contributed by atoms with van der Waals surface area (Å²) in [6, 6.07) is 0. The van der Waals surface area contributed by atoms with Crippen LogP contribution < -0.4 is 0 Å². The van der Waals surface area contributed by atoms with Gasteiger partial charge in [0.2, 0.25) is 0 Å². The Balaban J connectivity index is 2.49. The first-order chi connectivity index (χ1) is 4.61. The van der Waals surface area contributed by atoms with E-state index >= 15 is 0 Å². The van der Waals surface area contributed by atoms with Gasteiger partial charge in [0.15, 0.2) is 0 Å². The topological polar surface area (TPSA) is 0 Å². The van der Waals surface area contributed by atoms with Gasteiger partial charge in [-0.05, 0) is 12.3 Å². The van der Waals surface area contributed by atoms with Crippen LogP contribution in [0.25, 0.3) is 0 Å². The summed E-state index contributed by atoms with van der Waals surface area (Å²) >= 11 is 0. The molecule has 0 N–H and O–H groups in total. The van der Waals surface area contributed by atoms with Gasteiger partial charge in [0.05, 0.1) is 0 Å². The molecule has 3 heteroatoms. The molecule has 0 radical (unpaired) electrons. The summed E-state index contributed by atoms with van der Waals surface area (Å²) in [6.07, 6.45) is -4.27. The molecule has 4 atom stereocenters. The van der Waals surface area contributed by atoms with Crippen molar-refractivity contribution in [3.05, 3.63) is 0 Å². The van der Waals surface area contributed by atoms with Crippen molar-refractivity contribution in [3.8, 4) is 0 Å². The molecule has 60 valence electrons. The fourth-order valence-corrected chi connectivity index (χ4v) is 1.36. The molecule has 1 aliphatic carbocycles. The van der Waals surface area contributed by atoms with E-state index in [9.17, 15) is 13.2 Å². The maximum Gasteiger partial charge on any atom is 0.134 e. The Kier molecular flexibility index (Phi) is 2.21. The largest absolute Gasteiger partial charge is 0.247 e. The van der Waals surface area contributed by atoms with Crippen molar-refractivity contribution in [2.24, 2.45) is 5.92 Å². The van der Waals surface area contributed by atoms with Crippen LogP contribution in [0.15, 0.2) is 0 Å². The summed E-state index contributed by atoms with van der Waals surface area (Å²) in [5.41, 5.74) is 0. The van der Waals surface area contributed by atoms with Gasteiger partial charge in [0, 0.05) is 6.42 Å². The molecule has 1 saturated carbocycles. The molecule has 1 rings (SSSR count). The maximum atomic E-state index is 12.6. The van der Waals surface area contributed by atoms with E-state index in [0.717, 1.165) is 0 Å². The maximum absolute atomic E-state index is 12.6. The van der Waals surface area contributed by atoms with Crippen LogP contribution in [0, 0.1) is 5.92 Å². The first-order valence-corrected chi connectivity index (χ1v) is 3.53. The molecular formula is C7H11F3. The number of alkyl halides is 3. The molecule has 0 saturated heterocycles. The van der Waals surface area contributed by atoms with Gasteiger partial charge >= 0.3 is 0 Å². The molecule has 0 nitrogen and oxygen atoms in total. The van der Waals surface area contributed by atoms with Gasteiger partial charge in [-0.1, -0.05) is 6.92 Å². The summed E-state index contributed by atoms with van der Waals surface area (Å²) in [6.45, 7) is 1.54. The molecule has 0 aromatic rings. The Morgan fingerprint density at radius 3 is 2.20 bits per heavy atom. The monoisotopic (exact) mass is 152 g/mol. The molecule has 0 unspecified atom stereocenters. The van der Waals surface area contributed by atoms with Gasteiger partial charge in [0.1, 0.15) is 18.5 Å². The Labute approximate surface area is 58.4 Å². The van der Waals surface area contributed by atoms with E-state index < -0.39 is 24.4 Å². The molecule has 0 spiro atoms. The molecule has 0 aliphatic heterocycles. The van der Waals surface area contributed by atoms with Gasteiger partial charge in [-0.3, -0.25) is 0 Å². The van der Waals surface area contributed by atoms with Crippen molar-refractivity contribution >= 4 is 0 Å². The van der Waals surface area contributed by atoms with Crippen LogP contribution >= 0.6 is 0 Å². The third-order valence-corrected chi connectivity index (χ3v) is 2.00. The second kappa shape index (κ2) is 2.81. The van der Waals surface area contributed by atoms with Gasteiger partial charge < -0.3 is 0 Å². The van der Waals surface area contributed by atoms with E-state index in [0.29, 0.717) is 0 Å². The molecule has 1 aliphatic rings. The first-order valence-electron chi connectivity index (χ1n) is 3.53. The summed E-state index contributed by atoms with van der Waals surface area (Å²) in [7, 11) is 0. The number of rotatable bonds is 0. The molecule has 0 amide bonds. The van der Waals surface area contributed by atoms with Crippen molar-refractivity contribution in [2.75, 3.05) is 0 Å². The average molecular weight is 152 g/mol. The van der Waals surface area contributed by atoms with Crippen molar-refractivity contribution in [3.63, 3.8) is 0 Å². The highest BCUT2D eigenvalue weighted by Gasteiger charge is 2.35. The summed E-state index contributed by atoms with van der Waals surface area (Å²) in [4.78, 5) is 0. The average Bonchev–Trinajstić information content (AvgIpc) is 1.82. The minimum absolute atomic E-state index is 0.168. The lowest BCUT2D eigenvalue weighted by molar-refractivity contribution is 0.0327. The van der Waals surface area contributed by atoms with Crippen LogP contribution in [0.4, 0.5) is 13.2 Å². The third-order valence-electron chi connectivity index (χ3n) is 2.00. The lowest BCUT2D eigenvalue weighted by atomic mass is 9.86. The minimum atomic E-state index is -1.58. The third kappa shape index (κ3) is 1.44. The lowest BCUT2D eigenvalue weighted by Gasteiger charge is -2.27. The zero-order chi connectivity index (χ0) is 7.72. The van der Waals surface area contributed by atoms with E-state index in [4.69, 9.17) is 0 Å². The molecular weight excluding hydrogens is 141 g/mol. The number of hydrogen-bond acceptors (Lipinski definition) is 0. The lowest BCUT2D eigenvalue weighted by Crippen LogP contribution is -2.34. The van der Waals surface area contributed by atoms with Crippen LogP contribution in [0.1, 0.15) is 19.8 Å². The van der Waals surface area contributed by atoms with Crippen LogP contribution in [-0.4, -0.2) is 18.5 Å². The van der Waals surface area contributed by atoms with Crippen molar-refractivity contribution in [1.82, 2.24) is 0 Å². The second-order valence-corrected chi connectivity index (χ2v) is 3.01. The molecule has 0 bridgehead atoms. The molecule has 0 aromatic heterocycles. The zero-order valence-electron chi connectivity index (χ0n) is 5.86. The normalized spacial score (nSPS) is 49.2. The predicted octanol–water partition coefficient (Wildman–Crippen LogP) is 2.43. The van der Waals surface area contributed by atoms with E-state index in [1.807, 2.05) is 0 Å². The van der Waals surface area contributed by atoms with E-state index in [2.05, 4.69) is 0 Å². The van der Waals surface area contributed by atoms with Gasteiger partial charge in [-0.2, -0.15) is 0 Å². The van der Waals surface area contributed by atoms with E-state index in [1.165, 1.54) is 0 Å². The first kappa shape index (κ1) is 7.89. The summed E-state index contributed by atoms with van der Waals surface area (Å²) in [5.74, 6) is -0.459. The van der Waals surface area contributed by atoms with Crippen molar-refractivity contribution in [2.45, 2.75) is 38.3 Å². The highest BCUT2D eigenvalue weighted by molar-refractivity contribution is 4.84. The van der Waals surface area contributed by atoms with Crippen LogP contribution in [0.5, 0.6) is 0 Å². The number of hydrogen-bond donors (Lipinski definition) is 0. The predicted molar refractivity (Wildman–Crippen MR) is 33.1 cm³/mol. The van der Waals surface area contributed by atoms with E-state index in [-0.39, 0.29) is 12.8 Å². The molecule has 1 fully saturated rings. The fourth-order valence-electron chi connectivity index (χ4n) is 1.36.